The van der Waals surface area contributed by atoms with E-state index in [0.29, 0.717) is 0 Å². The van der Waals surface area contributed by atoms with Crippen LogP contribution in [0.25, 0.3) is 0 Å². The number of carbonyl (C=O) groups excluding carboxylic acids is 2. The maximum atomic E-state index is 12.2. The quantitative estimate of drug-likeness (QED) is 0.202. The van der Waals surface area contributed by atoms with Gasteiger partial charge in [0.2, 0.25) is 0 Å². The molecule has 1 saturated heterocycles. The summed E-state index contributed by atoms with van der Waals surface area (Å²) in [6.07, 6.45) is 0.197. The fourth-order valence-electron chi connectivity index (χ4n) is 2.58. The number of ether oxygens (including phenoxy) is 3. The zero-order valence-electron chi connectivity index (χ0n) is 17.4. The minimum absolute atomic E-state index is 0.0267. The lowest BCUT2D eigenvalue weighted by Gasteiger charge is -2.40. The van der Waals surface area contributed by atoms with E-state index >= 15 is 0 Å². The molecule has 0 spiro atoms. The number of rotatable bonds is 8. The summed E-state index contributed by atoms with van der Waals surface area (Å²) < 4.78 is 21.8. The van der Waals surface area contributed by atoms with E-state index in [1.165, 1.54) is 0 Å². The van der Waals surface area contributed by atoms with Gasteiger partial charge < -0.3 is 18.6 Å². The summed E-state index contributed by atoms with van der Waals surface area (Å²) in [5, 5.41) is -0.0267. The number of hydrogen-bond donors (Lipinski definition) is 0. The maximum absolute atomic E-state index is 12.2. The lowest BCUT2D eigenvalue weighted by molar-refractivity contribution is -0.142. The first-order valence-corrected chi connectivity index (χ1v) is 12.0. The van der Waals surface area contributed by atoms with Crippen molar-refractivity contribution in [2.24, 2.45) is 5.92 Å². The number of epoxide rings is 1. The molecule has 0 aliphatic carbocycles. The topological polar surface area (TPSA) is 74.4 Å². The predicted octanol–water partition coefficient (Wildman–Crippen LogP) is 4.45. The monoisotopic (exact) mass is 386 g/mol. The molecule has 1 heterocycles. The first-order valence-electron chi connectivity index (χ1n) is 9.14. The Balaban J connectivity index is 2.95. The van der Waals surface area contributed by atoms with Crippen LogP contribution < -0.4 is 0 Å². The van der Waals surface area contributed by atoms with Crippen LogP contribution in [0.2, 0.25) is 18.1 Å². The highest BCUT2D eigenvalue weighted by molar-refractivity contribution is 6.74. The zero-order chi connectivity index (χ0) is 20.3. The van der Waals surface area contributed by atoms with Crippen molar-refractivity contribution >= 4 is 20.4 Å². The molecular formula is C19H34O6Si. The van der Waals surface area contributed by atoms with E-state index in [1.54, 1.807) is 6.92 Å². The Morgan fingerprint density at radius 3 is 2.38 bits per heavy atom. The summed E-state index contributed by atoms with van der Waals surface area (Å²) >= 11 is 0. The molecular weight excluding hydrogens is 352 g/mol. The Morgan fingerprint density at radius 1 is 1.35 bits per heavy atom. The Bertz CT molecular complexity index is 539. The molecule has 1 rings (SSSR count). The summed E-state index contributed by atoms with van der Waals surface area (Å²) in [7, 11) is -2.16. The van der Waals surface area contributed by atoms with Gasteiger partial charge in [0.05, 0.1) is 25.2 Å². The molecule has 4 atom stereocenters. The van der Waals surface area contributed by atoms with Gasteiger partial charge >= 0.3 is 12.1 Å². The summed E-state index contributed by atoms with van der Waals surface area (Å²) in [4.78, 5) is 23.7. The second-order valence-corrected chi connectivity index (χ2v) is 13.3. The zero-order valence-corrected chi connectivity index (χ0v) is 18.4. The normalized spacial score (nSPS) is 25.2. The van der Waals surface area contributed by atoms with Crippen molar-refractivity contribution in [1.82, 2.24) is 0 Å². The summed E-state index contributed by atoms with van der Waals surface area (Å²) in [6, 6.07) is 0. The molecule has 1 fully saturated rings. The molecule has 0 N–H and O–H groups in total. The van der Waals surface area contributed by atoms with E-state index in [9.17, 15) is 9.59 Å². The Kier molecular flexibility index (Phi) is 7.23. The van der Waals surface area contributed by atoms with E-state index in [-0.39, 0.29) is 30.1 Å². The molecule has 0 radical (unpaired) electrons. The molecule has 0 saturated carbocycles. The standard InChI is InChI=1S/C19H34O6Si/c1-10-13(3)16-19(7,24-16)14(25-26(8,9)18(4,5)6)12-15(20)23-17(21)22-11-2/h10,13-14,16H,1,11-12H2,2-9H3/t13-,14+,16+,19+/m1/s1. The van der Waals surface area contributed by atoms with Crippen LogP contribution in [-0.2, 0) is 23.4 Å². The van der Waals surface area contributed by atoms with Crippen LogP contribution in [0.1, 0.15) is 48.0 Å². The van der Waals surface area contributed by atoms with E-state index in [2.05, 4.69) is 45.2 Å². The summed E-state index contributed by atoms with van der Waals surface area (Å²) in [6.45, 7) is 20.2. The van der Waals surface area contributed by atoms with Crippen LogP contribution in [0, 0.1) is 5.92 Å². The molecule has 150 valence electrons. The minimum atomic E-state index is -2.16. The molecule has 1 aliphatic rings. The Hall–Kier alpha value is -1.18. The van der Waals surface area contributed by atoms with Gasteiger partial charge in [-0.1, -0.05) is 33.8 Å². The van der Waals surface area contributed by atoms with Crippen LogP contribution >= 0.6 is 0 Å². The van der Waals surface area contributed by atoms with Gasteiger partial charge in [-0.3, -0.25) is 4.79 Å². The third-order valence-electron chi connectivity index (χ3n) is 5.43. The smallest absolute Gasteiger partial charge is 0.434 e. The van der Waals surface area contributed by atoms with Gasteiger partial charge in [-0.15, -0.1) is 6.58 Å². The van der Waals surface area contributed by atoms with Gasteiger partial charge in [-0.2, -0.15) is 0 Å². The lowest BCUT2D eigenvalue weighted by atomic mass is 9.91. The molecule has 0 aromatic rings. The average molecular weight is 387 g/mol. The molecule has 0 unspecified atom stereocenters. The molecule has 7 heteroatoms. The number of carbonyl (C=O) groups is 2. The van der Waals surface area contributed by atoms with E-state index < -0.39 is 32.1 Å². The number of hydrogen-bond acceptors (Lipinski definition) is 6. The van der Waals surface area contributed by atoms with Crippen LogP contribution in [0.15, 0.2) is 12.7 Å². The fraction of sp³-hybridized carbons (Fsp3) is 0.789. The highest BCUT2D eigenvalue weighted by Gasteiger charge is 2.61. The highest BCUT2D eigenvalue weighted by atomic mass is 28.4. The summed E-state index contributed by atoms with van der Waals surface area (Å²) in [5.74, 6) is -0.541. The van der Waals surface area contributed by atoms with Crippen molar-refractivity contribution in [3.8, 4) is 0 Å². The van der Waals surface area contributed by atoms with Crippen molar-refractivity contribution in [3.05, 3.63) is 12.7 Å². The van der Waals surface area contributed by atoms with Gasteiger partial charge in [0.25, 0.3) is 0 Å². The van der Waals surface area contributed by atoms with E-state index in [4.69, 9.17) is 13.9 Å². The second kappa shape index (κ2) is 8.23. The molecule has 0 bridgehead atoms. The van der Waals surface area contributed by atoms with Crippen LogP contribution in [-0.4, -0.2) is 44.9 Å². The summed E-state index contributed by atoms with van der Waals surface area (Å²) in [5.41, 5.74) is -0.614. The van der Waals surface area contributed by atoms with Crippen molar-refractivity contribution < 1.29 is 28.2 Å². The molecule has 6 nitrogen and oxygen atoms in total. The van der Waals surface area contributed by atoms with Crippen LogP contribution in [0.4, 0.5) is 4.79 Å². The van der Waals surface area contributed by atoms with Crippen molar-refractivity contribution in [3.63, 3.8) is 0 Å². The SMILES string of the molecule is C=C[C@@H](C)[C@@H]1O[C@@]1(C)[C@H](CC(=O)OC(=O)OCC)O[Si](C)(C)C(C)(C)C. The predicted molar refractivity (Wildman–Crippen MR) is 102 cm³/mol. The lowest BCUT2D eigenvalue weighted by Crippen LogP contribution is -2.49. The Morgan fingerprint density at radius 2 is 1.92 bits per heavy atom. The largest absolute Gasteiger partial charge is 0.516 e. The van der Waals surface area contributed by atoms with Crippen molar-refractivity contribution in [2.75, 3.05) is 6.61 Å². The van der Waals surface area contributed by atoms with Gasteiger partial charge in [-0.05, 0) is 32.0 Å². The second-order valence-electron chi connectivity index (χ2n) is 8.55. The Labute approximate surface area is 158 Å². The first-order chi connectivity index (χ1) is 11.8. The van der Waals surface area contributed by atoms with Gasteiger partial charge in [-0.25, -0.2) is 4.79 Å². The van der Waals surface area contributed by atoms with Gasteiger partial charge in [0.15, 0.2) is 8.32 Å². The first kappa shape index (κ1) is 22.9. The molecule has 0 aromatic carbocycles. The van der Waals surface area contributed by atoms with E-state index in [1.807, 2.05) is 19.9 Å². The van der Waals surface area contributed by atoms with E-state index in [0.717, 1.165) is 0 Å². The molecule has 26 heavy (non-hydrogen) atoms. The molecule has 1 aliphatic heterocycles. The number of esters is 1. The van der Waals surface area contributed by atoms with Crippen molar-refractivity contribution in [2.45, 2.75) is 83.9 Å². The highest BCUT2D eigenvalue weighted by Crippen LogP contribution is 2.49. The van der Waals surface area contributed by atoms with Gasteiger partial charge in [0, 0.05) is 5.92 Å². The van der Waals surface area contributed by atoms with Gasteiger partial charge in [0.1, 0.15) is 5.60 Å². The third kappa shape index (κ3) is 5.41. The minimum Gasteiger partial charge on any atom is -0.434 e. The van der Waals surface area contributed by atoms with Crippen LogP contribution in [0.5, 0.6) is 0 Å². The molecule has 0 amide bonds. The van der Waals surface area contributed by atoms with Crippen molar-refractivity contribution in [1.29, 1.82) is 0 Å². The maximum Gasteiger partial charge on any atom is 0.516 e. The average Bonchev–Trinajstić information content (AvgIpc) is 3.18. The third-order valence-corrected chi connectivity index (χ3v) is 9.92. The fourth-order valence-corrected chi connectivity index (χ4v) is 3.96. The molecule has 0 aromatic heterocycles. The van der Waals surface area contributed by atoms with Crippen LogP contribution in [0.3, 0.4) is 0 Å².